The molecule has 0 atom stereocenters. The highest BCUT2D eigenvalue weighted by Crippen LogP contribution is 2.17. The molecule has 0 bridgehead atoms. The second-order valence-electron chi connectivity index (χ2n) is 3.03. The fraction of sp³-hybridized carbons (Fsp3) is 0.667. The maximum atomic E-state index is 11.0. The van der Waals surface area contributed by atoms with Gasteiger partial charge in [0.1, 0.15) is 0 Å². The summed E-state index contributed by atoms with van der Waals surface area (Å²) >= 11 is 0. The molecule has 0 spiro atoms. The van der Waals surface area contributed by atoms with Gasteiger partial charge in [0, 0.05) is 13.1 Å². The first kappa shape index (κ1) is 9.10. The number of allylic oxidation sites excluding steroid dienone is 1. The summed E-state index contributed by atoms with van der Waals surface area (Å²) in [6, 6.07) is 0. The van der Waals surface area contributed by atoms with E-state index in [9.17, 15) is 4.79 Å². The zero-order valence-electron chi connectivity index (χ0n) is 7.45. The van der Waals surface area contributed by atoms with Crippen LogP contribution in [0, 0.1) is 5.92 Å². The van der Waals surface area contributed by atoms with Gasteiger partial charge in [-0.05, 0) is 18.8 Å². The summed E-state index contributed by atoms with van der Waals surface area (Å²) < 4.78 is 4.62. The van der Waals surface area contributed by atoms with E-state index in [0.29, 0.717) is 5.92 Å². The normalized spacial score (nSPS) is 18.9. The minimum absolute atomic E-state index is 0.211. The van der Waals surface area contributed by atoms with Crippen LogP contribution >= 0.6 is 0 Å². The Hall–Kier alpha value is -0.990. The van der Waals surface area contributed by atoms with Crippen molar-refractivity contribution in [3.63, 3.8) is 0 Å². The van der Waals surface area contributed by atoms with Crippen LogP contribution in [0.4, 0.5) is 4.79 Å². The number of ether oxygens (including phenoxy) is 1. The van der Waals surface area contributed by atoms with Gasteiger partial charge in [-0.25, -0.2) is 4.79 Å². The van der Waals surface area contributed by atoms with Crippen molar-refractivity contribution in [3.8, 4) is 0 Å². The maximum Gasteiger partial charge on any atom is 0.409 e. The van der Waals surface area contributed by atoms with Gasteiger partial charge in [0.2, 0.25) is 0 Å². The molecule has 1 aliphatic heterocycles. The van der Waals surface area contributed by atoms with Crippen LogP contribution < -0.4 is 0 Å². The Morgan fingerprint density at radius 2 is 2.17 bits per heavy atom. The topological polar surface area (TPSA) is 29.5 Å². The average molecular weight is 169 g/mol. The predicted octanol–water partition coefficient (Wildman–Crippen LogP) is 1.65. The lowest BCUT2D eigenvalue weighted by molar-refractivity contribution is 0.110. The van der Waals surface area contributed by atoms with Gasteiger partial charge in [-0.2, -0.15) is 0 Å². The molecule has 0 saturated carbocycles. The molecular formula is C9H15NO2. The van der Waals surface area contributed by atoms with Crippen LogP contribution in [-0.4, -0.2) is 31.2 Å². The smallest absolute Gasteiger partial charge is 0.409 e. The number of hydrogen-bond donors (Lipinski definition) is 0. The summed E-state index contributed by atoms with van der Waals surface area (Å²) in [5, 5.41) is 0. The second kappa shape index (κ2) is 4.14. The Morgan fingerprint density at radius 3 is 2.58 bits per heavy atom. The standard InChI is InChI=1S/C9H15NO2/c1-3-8-4-6-10(7-5-8)9(11)12-2/h3,8H,1,4-7H2,2H3. The first-order valence-corrected chi connectivity index (χ1v) is 4.23. The van der Waals surface area contributed by atoms with Crippen molar-refractivity contribution in [2.24, 2.45) is 5.92 Å². The molecule has 3 heteroatoms. The Morgan fingerprint density at radius 1 is 1.58 bits per heavy atom. The Balaban J connectivity index is 2.35. The summed E-state index contributed by atoms with van der Waals surface area (Å²) in [7, 11) is 1.42. The van der Waals surface area contributed by atoms with E-state index in [2.05, 4.69) is 11.3 Å². The van der Waals surface area contributed by atoms with Crippen LogP contribution in [0.25, 0.3) is 0 Å². The molecule has 1 heterocycles. The fourth-order valence-corrected chi connectivity index (χ4v) is 1.45. The van der Waals surface area contributed by atoms with E-state index in [1.807, 2.05) is 6.08 Å². The van der Waals surface area contributed by atoms with Gasteiger partial charge < -0.3 is 9.64 Å². The lowest BCUT2D eigenvalue weighted by atomic mass is 9.98. The number of carbonyl (C=O) groups is 1. The minimum Gasteiger partial charge on any atom is -0.453 e. The molecule has 1 fully saturated rings. The van der Waals surface area contributed by atoms with E-state index < -0.39 is 0 Å². The number of hydrogen-bond acceptors (Lipinski definition) is 2. The molecule has 0 radical (unpaired) electrons. The number of rotatable bonds is 1. The van der Waals surface area contributed by atoms with Gasteiger partial charge in [0.05, 0.1) is 7.11 Å². The molecule has 0 aromatic heterocycles. The molecule has 3 nitrogen and oxygen atoms in total. The summed E-state index contributed by atoms with van der Waals surface area (Å²) in [4.78, 5) is 12.8. The molecule has 68 valence electrons. The molecule has 12 heavy (non-hydrogen) atoms. The zero-order chi connectivity index (χ0) is 8.97. The van der Waals surface area contributed by atoms with Crippen molar-refractivity contribution in [3.05, 3.63) is 12.7 Å². The van der Waals surface area contributed by atoms with Crippen molar-refractivity contribution in [1.29, 1.82) is 0 Å². The number of carbonyl (C=O) groups excluding carboxylic acids is 1. The van der Waals surface area contributed by atoms with Gasteiger partial charge >= 0.3 is 6.09 Å². The van der Waals surface area contributed by atoms with E-state index in [0.717, 1.165) is 25.9 Å². The van der Waals surface area contributed by atoms with Gasteiger partial charge in [0.25, 0.3) is 0 Å². The first-order valence-electron chi connectivity index (χ1n) is 4.23. The third kappa shape index (κ3) is 2.00. The third-order valence-corrected chi connectivity index (χ3v) is 2.31. The minimum atomic E-state index is -0.211. The van der Waals surface area contributed by atoms with Crippen molar-refractivity contribution < 1.29 is 9.53 Å². The van der Waals surface area contributed by atoms with Crippen LogP contribution in [0.1, 0.15) is 12.8 Å². The monoisotopic (exact) mass is 169 g/mol. The van der Waals surface area contributed by atoms with Crippen LogP contribution in [0.3, 0.4) is 0 Å². The van der Waals surface area contributed by atoms with Gasteiger partial charge in [-0.3, -0.25) is 0 Å². The van der Waals surface area contributed by atoms with Gasteiger partial charge in [-0.15, -0.1) is 6.58 Å². The number of amides is 1. The lowest BCUT2D eigenvalue weighted by Gasteiger charge is -2.29. The molecule has 0 aromatic rings. The van der Waals surface area contributed by atoms with E-state index >= 15 is 0 Å². The molecule has 1 amide bonds. The highest BCUT2D eigenvalue weighted by molar-refractivity contribution is 5.67. The van der Waals surface area contributed by atoms with E-state index in [1.54, 1.807) is 4.90 Å². The number of piperidine rings is 1. The van der Waals surface area contributed by atoms with Crippen molar-refractivity contribution in [1.82, 2.24) is 4.90 Å². The molecule has 1 saturated heterocycles. The van der Waals surface area contributed by atoms with Crippen LogP contribution in [0.5, 0.6) is 0 Å². The molecular weight excluding hydrogens is 154 g/mol. The van der Waals surface area contributed by atoms with Crippen LogP contribution in [0.2, 0.25) is 0 Å². The van der Waals surface area contributed by atoms with E-state index in [1.165, 1.54) is 7.11 Å². The number of methoxy groups -OCH3 is 1. The predicted molar refractivity (Wildman–Crippen MR) is 46.9 cm³/mol. The highest BCUT2D eigenvalue weighted by atomic mass is 16.5. The Labute approximate surface area is 73.0 Å². The van der Waals surface area contributed by atoms with E-state index in [-0.39, 0.29) is 6.09 Å². The van der Waals surface area contributed by atoms with Crippen molar-refractivity contribution >= 4 is 6.09 Å². The van der Waals surface area contributed by atoms with Gasteiger partial charge in [0.15, 0.2) is 0 Å². The Kier molecular flexibility index (Phi) is 3.14. The Bertz CT molecular complexity index is 171. The van der Waals surface area contributed by atoms with Crippen LogP contribution in [-0.2, 0) is 4.74 Å². The maximum absolute atomic E-state index is 11.0. The molecule has 0 aromatic carbocycles. The zero-order valence-corrected chi connectivity index (χ0v) is 7.45. The van der Waals surface area contributed by atoms with E-state index in [4.69, 9.17) is 0 Å². The molecule has 1 rings (SSSR count). The summed E-state index contributed by atoms with van der Waals surface area (Å²) in [6.45, 7) is 5.33. The largest absolute Gasteiger partial charge is 0.453 e. The summed E-state index contributed by atoms with van der Waals surface area (Å²) in [5.74, 6) is 0.575. The SMILES string of the molecule is C=CC1CCN(C(=O)OC)CC1. The average Bonchev–Trinajstić information content (AvgIpc) is 2.17. The third-order valence-electron chi connectivity index (χ3n) is 2.31. The quantitative estimate of drug-likeness (QED) is 0.558. The summed E-state index contributed by atoms with van der Waals surface area (Å²) in [6.07, 6.45) is 3.78. The lowest BCUT2D eigenvalue weighted by Crippen LogP contribution is -2.37. The number of likely N-dealkylation sites (tertiary alicyclic amines) is 1. The fourth-order valence-electron chi connectivity index (χ4n) is 1.45. The molecule has 0 aliphatic carbocycles. The first-order chi connectivity index (χ1) is 5.77. The van der Waals surface area contributed by atoms with Crippen molar-refractivity contribution in [2.45, 2.75) is 12.8 Å². The molecule has 0 N–H and O–H groups in total. The summed E-state index contributed by atoms with van der Waals surface area (Å²) in [5.41, 5.74) is 0. The van der Waals surface area contributed by atoms with Crippen LogP contribution in [0.15, 0.2) is 12.7 Å². The second-order valence-corrected chi connectivity index (χ2v) is 3.03. The van der Waals surface area contributed by atoms with Crippen molar-refractivity contribution in [2.75, 3.05) is 20.2 Å². The number of nitrogens with zero attached hydrogens (tertiary/aromatic N) is 1. The highest BCUT2D eigenvalue weighted by Gasteiger charge is 2.20. The molecule has 0 unspecified atom stereocenters. The molecule has 1 aliphatic rings. The van der Waals surface area contributed by atoms with Gasteiger partial charge in [-0.1, -0.05) is 6.08 Å².